The third-order valence-electron chi connectivity index (χ3n) is 7.49. The van der Waals surface area contributed by atoms with Crippen molar-refractivity contribution in [1.29, 1.82) is 0 Å². The Morgan fingerprint density at radius 2 is 2.11 bits per heavy atom. The number of allylic oxidation sites excluding steroid dienone is 1. The molecular formula is C20H28O7. The van der Waals surface area contributed by atoms with Crippen molar-refractivity contribution in [3.8, 4) is 0 Å². The highest BCUT2D eigenvalue weighted by molar-refractivity contribution is 5.87. The molecule has 9 atom stereocenters. The molecule has 27 heavy (non-hydrogen) atoms. The zero-order valence-corrected chi connectivity index (χ0v) is 16.2. The molecule has 0 aromatic carbocycles. The summed E-state index contributed by atoms with van der Waals surface area (Å²) in [5, 5.41) is 21.4. The van der Waals surface area contributed by atoms with Crippen molar-refractivity contribution in [1.82, 2.24) is 0 Å². The van der Waals surface area contributed by atoms with E-state index in [0.717, 1.165) is 6.42 Å². The monoisotopic (exact) mass is 380 g/mol. The Labute approximate surface area is 158 Å². The summed E-state index contributed by atoms with van der Waals surface area (Å²) < 4.78 is 17.2. The van der Waals surface area contributed by atoms with Gasteiger partial charge in [-0.3, -0.25) is 4.79 Å². The van der Waals surface area contributed by atoms with E-state index in [4.69, 9.17) is 14.2 Å². The summed E-state index contributed by atoms with van der Waals surface area (Å²) in [6, 6.07) is 0. The molecule has 0 amide bonds. The lowest BCUT2D eigenvalue weighted by molar-refractivity contribution is -0.224. The minimum Gasteiger partial charge on any atom is -0.461 e. The van der Waals surface area contributed by atoms with Crippen LogP contribution >= 0.6 is 0 Å². The second kappa shape index (κ2) is 6.03. The number of rotatable bonds is 3. The molecule has 0 aromatic rings. The zero-order chi connectivity index (χ0) is 19.7. The predicted molar refractivity (Wildman–Crippen MR) is 93.4 cm³/mol. The summed E-state index contributed by atoms with van der Waals surface area (Å²) in [5.74, 6) is -1.50. The largest absolute Gasteiger partial charge is 0.461 e. The third-order valence-corrected chi connectivity index (χ3v) is 7.49. The standard InChI is InChI=1S/C20H28O7/c1-5-9(2)17(22)27-15-13-16(25-13)20(24,8-21)14-12-11(6-7-19(14,15)4)10(3)18(23)26-12/h5,10-16,21,24H,6-8H2,1-4H3/b9-5-/t10-,11+,12+,13-,14+,15+,16-,19+,20+/m1/s1. The van der Waals surface area contributed by atoms with Gasteiger partial charge in [0.1, 0.15) is 30.0 Å². The van der Waals surface area contributed by atoms with Crippen molar-refractivity contribution in [2.75, 3.05) is 6.61 Å². The van der Waals surface area contributed by atoms with Gasteiger partial charge in [0.05, 0.1) is 12.5 Å². The minimum absolute atomic E-state index is 0.0161. The van der Waals surface area contributed by atoms with E-state index in [0.29, 0.717) is 12.0 Å². The van der Waals surface area contributed by atoms with E-state index in [1.165, 1.54) is 0 Å². The van der Waals surface area contributed by atoms with Gasteiger partial charge in [0.15, 0.2) is 0 Å². The van der Waals surface area contributed by atoms with Gasteiger partial charge in [0, 0.05) is 22.8 Å². The van der Waals surface area contributed by atoms with Crippen LogP contribution in [0.3, 0.4) is 0 Å². The molecular weight excluding hydrogens is 352 g/mol. The molecule has 0 aromatic heterocycles. The van der Waals surface area contributed by atoms with E-state index in [9.17, 15) is 19.8 Å². The molecule has 2 N–H and O–H groups in total. The maximum atomic E-state index is 12.4. The van der Waals surface area contributed by atoms with Gasteiger partial charge in [0.2, 0.25) is 0 Å². The molecule has 2 aliphatic heterocycles. The van der Waals surface area contributed by atoms with Gasteiger partial charge in [-0.1, -0.05) is 19.9 Å². The summed E-state index contributed by atoms with van der Waals surface area (Å²) in [7, 11) is 0. The number of ether oxygens (including phenoxy) is 3. The van der Waals surface area contributed by atoms with E-state index in [1.54, 1.807) is 19.9 Å². The number of hydrogen-bond acceptors (Lipinski definition) is 7. The topological polar surface area (TPSA) is 106 Å². The normalized spacial score (nSPS) is 51.0. The average Bonchev–Trinajstić information content (AvgIpc) is 3.39. The Bertz CT molecular complexity index is 702. The van der Waals surface area contributed by atoms with Crippen LogP contribution in [0.15, 0.2) is 11.6 Å². The smallest absolute Gasteiger partial charge is 0.333 e. The van der Waals surface area contributed by atoms with E-state index in [2.05, 4.69) is 0 Å². The average molecular weight is 380 g/mol. The van der Waals surface area contributed by atoms with Crippen LogP contribution in [0, 0.1) is 23.2 Å². The highest BCUT2D eigenvalue weighted by Gasteiger charge is 2.77. The van der Waals surface area contributed by atoms with Crippen molar-refractivity contribution in [3.05, 3.63) is 11.6 Å². The number of carbonyl (C=O) groups is 2. The minimum atomic E-state index is -1.52. The molecule has 0 spiro atoms. The van der Waals surface area contributed by atoms with Gasteiger partial charge in [-0.2, -0.15) is 0 Å². The highest BCUT2D eigenvalue weighted by atomic mass is 16.6. The molecule has 2 saturated heterocycles. The second-order valence-corrected chi connectivity index (χ2v) is 8.84. The van der Waals surface area contributed by atoms with Crippen LogP contribution in [0.25, 0.3) is 0 Å². The predicted octanol–water partition coefficient (Wildman–Crippen LogP) is 0.963. The maximum Gasteiger partial charge on any atom is 0.333 e. The van der Waals surface area contributed by atoms with E-state index < -0.39 is 53.9 Å². The fourth-order valence-electron chi connectivity index (χ4n) is 5.73. The Balaban J connectivity index is 1.73. The summed E-state index contributed by atoms with van der Waals surface area (Å²) >= 11 is 0. The van der Waals surface area contributed by atoms with Crippen LogP contribution in [0.5, 0.6) is 0 Å². The van der Waals surface area contributed by atoms with Gasteiger partial charge in [-0.05, 0) is 26.7 Å². The lowest BCUT2D eigenvalue weighted by Crippen LogP contribution is -2.68. The molecule has 4 aliphatic rings. The van der Waals surface area contributed by atoms with E-state index >= 15 is 0 Å². The molecule has 4 fully saturated rings. The number of hydrogen-bond donors (Lipinski definition) is 2. The van der Waals surface area contributed by atoms with Gasteiger partial charge in [-0.15, -0.1) is 0 Å². The fraction of sp³-hybridized carbons (Fsp3) is 0.800. The molecule has 0 unspecified atom stereocenters. The molecule has 0 radical (unpaired) electrons. The quantitative estimate of drug-likeness (QED) is 0.427. The number of aliphatic hydroxyl groups is 2. The van der Waals surface area contributed by atoms with Crippen molar-refractivity contribution in [2.24, 2.45) is 23.2 Å². The first kappa shape index (κ1) is 18.9. The summed E-state index contributed by atoms with van der Waals surface area (Å²) in [6.07, 6.45) is 0.926. The Kier molecular flexibility index (Phi) is 4.22. The molecule has 7 heteroatoms. The molecule has 0 bridgehead atoms. The van der Waals surface area contributed by atoms with Crippen LogP contribution in [0.2, 0.25) is 0 Å². The lowest BCUT2D eigenvalue weighted by Gasteiger charge is -2.56. The number of carbonyl (C=O) groups excluding carboxylic acids is 2. The molecule has 2 heterocycles. The van der Waals surface area contributed by atoms with E-state index in [-0.39, 0.29) is 17.8 Å². The number of fused-ring (bicyclic) bond motifs is 4. The fourth-order valence-corrected chi connectivity index (χ4v) is 5.73. The number of esters is 2. The first-order valence-electron chi connectivity index (χ1n) is 9.72. The summed E-state index contributed by atoms with van der Waals surface area (Å²) in [5.41, 5.74) is -1.68. The van der Waals surface area contributed by atoms with Crippen molar-refractivity contribution >= 4 is 11.9 Å². The van der Waals surface area contributed by atoms with Crippen molar-refractivity contribution in [3.63, 3.8) is 0 Å². The number of epoxide rings is 1. The Hall–Kier alpha value is -1.44. The molecule has 2 saturated carbocycles. The molecule has 150 valence electrons. The maximum absolute atomic E-state index is 12.4. The van der Waals surface area contributed by atoms with Gasteiger partial charge in [0.25, 0.3) is 0 Å². The lowest BCUT2D eigenvalue weighted by atomic mass is 9.50. The van der Waals surface area contributed by atoms with Crippen LogP contribution < -0.4 is 0 Å². The Morgan fingerprint density at radius 3 is 2.74 bits per heavy atom. The van der Waals surface area contributed by atoms with Crippen molar-refractivity contribution in [2.45, 2.75) is 70.6 Å². The Morgan fingerprint density at radius 1 is 1.41 bits per heavy atom. The molecule has 2 aliphatic carbocycles. The zero-order valence-electron chi connectivity index (χ0n) is 16.2. The van der Waals surface area contributed by atoms with Crippen LogP contribution in [-0.2, 0) is 23.8 Å². The summed E-state index contributed by atoms with van der Waals surface area (Å²) in [6.45, 7) is 6.77. The molecule has 4 rings (SSSR count). The van der Waals surface area contributed by atoms with Gasteiger partial charge < -0.3 is 24.4 Å². The molecule has 7 nitrogen and oxygen atoms in total. The van der Waals surface area contributed by atoms with Gasteiger partial charge >= 0.3 is 11.9 Å². The summed E-state index contributed by atoms with van der Waals surface area (Å²) in [4.78, 5) is 24.7. The number of aliphatic hydroxyl groups excluding tert-OH is 1. The van der Waals surface area contributed by atoms with E-state index in [1.807, 2.05) is 13.8 Å². The van der Waals surface area contributed by atoms with Crippen LogP contribution in [-0.4, -0.2) is 58.8 Å². The highest BCUT2D eigenvalue weighted by Crippen LogP contribution is 2.64. The second-order valence-electron chi connectivity index (χ2n) is 8.84. The van der Waals surface area contributed by atoms with Crippen molar-refractivity contribution < 1.29 is 34.0 Å². The third kappa shape index (κ3) is 2.44. The first-order chi connectivity index (χ1) is 12.7. The van der Waals surface area contributed by atoms with Crippen LogP contribution in [0.4, 0.5) is 0 Å². The van der Waals surface area contributed by atoms with Crippen LogP contribution in [0.1, 0.15) is 40.5 Å². The van der Waals surface area contributed by atoms with Gasteiger partial charge in [-0.25, -0.2) is 4.79 Å². The first-order valence-corrected chi connectivity index (χ1v) is 9.72. The SMILES string of the molecule is C/C=C(/C)C(=O)O[C@H]1[C@H]2O[C@H]2[C@](O)(CO)[C@H]2[C@H]3OC(=O)[C@H](C)[C@@H]3CC[C@]12C.